The van der Waals surface area contributed by atoms with E-state index in [1.54, 1.807) is 12.0 Å². The third-order valence-corrected chi connectivity index (χ3v) is 3.37. The predicted molar refractivity (Wildman–Crippen MR) is 81.5 cm³/mol. The molecule has 116 valence electrons. The van der Waals surface area contributed by atoms with E-state index in [0.29, 0.717) is 6.54 Å². The molecule has 1 saturated heterocycles. The van der Waals surface area contributed by atoms with Crippen molar-refractivity contribution in [3.63, 3.8) is 0 Å². The van der Waals surface area contributed by atoms with Gasteiger partial charge < -0.3 is 14.8 Å². The fraction of sp³-hybridized carbons (Fsp3) is 0.562. The Kier molecular flexibility index (Phi) is 4.73. The molecule has 1 fully saturated rings. The van der Waals surface area contributed by atoms with Crippen molar-refractivity contribution in [2.45, 2.75) is 32.4 Å². The van der Waals surface area contributed by atoms with E-state index in [-0.39, 0.29) is 12.1 Å². The van der Waals surface area contributed by atoms with E-state index < -0.39 is 5.60 Å². The summed E-state index contributed by atoms with van der Waals surface area (Å²) in [6.07, 6.45) is -0.259. The Labute approximate surface area is 126 Å². The normalized spacial score (nSPS) is 19.2. The van der Waals surface area contributed by atoms with Crippen molar-refractivity contribution in [2.75, 3.05) is 26.7 Å². The van der Waals surface area contributed by atoms with E-state index in [1.165, 1.54) is 0 Å². The highest BCUT2D eigenvalue weighted by atomic mass is 16.6. The topological polar surface area (TPSA) is 50.8 Å². The molecule has 1 aromatic rings. The highest BCUT2D eigenvalue weighted by Crippen LogP contribution is 2.26. The largest absolute Gasteiger partial charge is 0.497 e. The second-order valence-electron chi connectivity index (χ2n) is 6.17. The minimum atomic E-state index is -0.480. The smallest absolute Gasteiger partial charge is 0.410 e. The molecule has 1 aliphatic heterocycles. The summed E-state index contributed by atoms with van der Waals surface area (Å²) >= 11 is 0. The standard InChI is InChI=1S/C16H24N2O3/c1-16(2,3)21-15(19)18-10-9-17-11-14(18)12-5-7-13(20-4)8-6-12/h5-8,14,17H,9-11H2,1-4H3/t14-/m1/s1. The van der Waals surface area contributed by atoms with Gasteiger partial charge in [-0.3, -0.25) is 4.90 Å². The third-order valence-electron chi connectivity index (χ3n) is 3.37. The molecule has 1 N–H and O–H groups in total. The van der Waals surface area contributed by atoms with Crippen molar-refractivity contribution in [1.82, 2.24) is 10.2 Å². The number of benzene rings is 1. The molecule has 1 amide bonds. The fourth-order valence-corrected chi connectivity index (χ4v) is 2.37. The molecule has 0 aromatic heterocycles. The van der Waals surface area contributed by atoms with Crippen molar-refractivity contribution >= 4 is 6.09 Å². The number of rotatable bonds is 2. The summed E-state index contributed by atoms with van der Waals surface area (Å²) in [6.45, 7) is 7.81. The summed E-state index contributed by atoms with van der Waals surface area (Å²) in [6, 6.07) is 7.80. The first-order valence-corrected chi connectivity index (χ1v) is 7.25. The molecule has 0 saturated carbocycles. The van der Waals surface area contributed by atoms with Gasteiger partial charge in [-0.1, -0.05) is 12.1 Å². The van der Waals surface area contributed by atoms with Gasteiger partial charge >= 0.3 is 6.09 Å². The zero-order valence-corrected chi connectivity index (χ0v) is 13.2. The lowest BCUT2D eigenvalue weighted by molar-refractivity contribution is 0.0118. The molecule has 0 bridgehead atoms. The van der Waals surface area contributed by atoms with Crippen LogP contribution in [0.4, 0.5) is 4.79 Å². The van der Waals surface area contributed by atoms with Crippen LogP contribution in [0, 0.1) is 0 Å². The number of nitrogens with one attached hydrogen (secondary N) is 1. The van der Waals surface area contributed by atoms with Gasteiger partial charge in [-0.05, 0) is 38.5 Å². The molecule has 0 aliphatic carbocycles. The molecule has 1 heterocycles. The Hall–Kier alpha value is -1.75. The van der Waals surface area contributed by atoms with Gasteiger partial charge in [0, 0.05) is 19.6 Å². The molecular formula is C16H24N2O3. The molecule has 2 rings (SSSR count). The summed E-state index contributed by atoms with van der Waals surface area (Å²) in [4.78, 5) is 14.2. The zero-order valence-electron chi connectivity index (χ0n) is 13.2. The number of amides is 1. The van der Waals surface area contributed by atoms with E-state index >= 15 is 0 Å². The average molecular weight is 292 g/mol. The molecule has 5 heteroatoms. The monoisotopic (exact) mass is 292 g/mol. The van der Waals surface area contributed by atoms with Crippen molar-refractivity contribution in [1.29, 1.82) is 0 Å². The number of methoxy groups -OCH3 is 1. The van der Waals surface area contributed by atoms with Crippen LogP contribution in [0.1, 0.15) is 32.4 Å². The quantitative estimate of drug-likeness (QED) is 0.910. The minimum Gasteiger partial charge on any atom is -0.497 e. The van der Waals surface area contributed by atoms with Gasteiger partial charge in [0.1, 0.15) is 11.4 Å². The summed E-state index contributed by atoms with van der Waals surface area (Å²) in [5.74, 6) is 0.811. The summed E-state index contributed by atoms with van der Waals surface area (Å²) < 4.78 is 10.7. The lowest BCUT2D eigenvalue weighted by Crippen LogP contribution is -2.50. The van der Waals surface area contributed by atoms with Crippen molar-refractivity contribution < 1.29 is 14.3 Å². The van der Waals surface area contributed by atoms with Crippen molar-refractivity contribution in [3.8, 4) is 5.75 Å². The third kappa shape index (κ3) is 4.11. The van der Waals surface area contributed by atoms with Gasteiger partial charge in [0.2, 0.25) is 0 Å². The Bertz CT molecular complexity index is 479. The Morgan fingerprint density at radius 2 is 1.95 bits per heavy atom. The van der Waals surface area contributed by atoms with Crippen molar-refractivity contribution in [3.05, 3.63) is 29.8 Å². The van der Waals surface area contributed by atoms with Crippen LogP contribution in [0.15, 0.2) is 24.3 Å². The summed E-state index contributed by atoms with van der Waals surface area (Å²) in [5, 5.41) is 3.33. The summed E-state index contributed by atoms with van der Waals surface area (Å²) in [7, 11) is 1.64. The van der Waals surface area contributed by atoms with E-state index in [9.17, 15) is 4.79 Å². The number of hydrogen-bond donors (Lipinski definition) is 1. The second kappa shape index (κ2) is 6.35. The van der Waals surface area contributed by atoms with Crippen LogP contribution in [-0.2, 0) is 4.74 Å². The van der Waals surface area contributed by atoms with E-state index in [2.05, 4.69) is 5.32 Å². The lowest BCUT2D eigenvalue weighted by atomic mass is 10.0. The first-order chi connectivity index (χ1) is 9.90. The fourth-order valence-electron chi connectivity index (χ4n) is 2.37. The van der Waals surface area contributed by atoms with Gasteiger partial charge in [-0.15, -0.1) is 0 Å². The second-order valence-corrected chi connectivity index (χ2v) is 6.17. The molecule has 0 unspecified atom stereocenters. The van der Waals surface area contributed by atoms with Crippen LogP contribution >= 0.6 is 0 Å². The highest BCUT2D eigenvalue weighted by Gasteiger charge is 2.31. The average Bonchev–Trinajstić information content (AvgIpc) is 2.45. The number of carbonyl (C=O) groups is 1. The van der Waals surface area contributed by atoms with Crippen LogP contribution in [0.25, 0.3) is 0 Å². The van der Waals surface area contributed by atoms with Gasteiger partial charge in [-0.25, -0.2) is 4.79 Å². The molecule has 21 heavy (non-hydrogen) atoms. The molecule has 0 radical (unpaired) electrons. The Balaban J connectivity index is 2.16. The first-order valence-electron chi connectivity index (χ1n) is 7.25. The number of nitrogens with zero attached hydrogens (tertiary/aromatic N) is 1. The van der Waals surface area contributed by atoms with Crippen molar-refractivity contribution in [2.24, 2.45) is 0 Å². The van der Waals surface area contributed by atoms with Crippen LogP contribution < -0.4 is 10.1 Å². The molecular weight excluding hydrogens is 268 g/mol. The number of carbonyl (C=O) groups excluding carboxylic acids is 1. The first kappa shape index (κ1) is 15.6. The van der Waals surface area contributed by atoms with Crippen LogP contribution in [0.3, 0.4) is 0 Å². The molecule has 5 nitrogen and oxygen atoms in total. The van der Waals surface area contributed by atoms with Crippen LogP contribution in [0.5, 0.6) is 5.75 Å². The van der Waals surface area contributed by atoms with Gasteiger partial charge in [0.25, 0.3) is 0 Å². The minimum absolute atomic E-state index is 0.0143. The molecule has 0 spiro atoms. The molecule has 1 aromatic carbocycles. The maximum Gasteiger partial charge on any atom is 0.410 e. The van der Waals surface area contributed by atoms with Crippen LogP contribution in [-0.4, -0.2) is 43.3 Å². The predicted octanol–water partition coefficient (Wildman–Crippen LogP) is 2.58. The van der Waals surface area contributed by atoms with E-state index in [1.807, 2.05) is 45.0 Å². The van der Waals surface area contributed by atoms with E-state index in [4.69, 9.17) is 9.47 Å². The Morgan fingerprint density at radius 3 is 2.52 bits per heavy atom. The van der Waals surface area contributed by atoms with Gasteiger partial charge in [0.15, 0.2) is 0 Å². The summed E-state index contributed by atoms with van der Waals surface area (Å²) in [5.41, 5.74) is 0.598. The maximum atomic E-state index is 12.4. The lowest BCUT2D eigenvalue weighted by Gasteiger charge is -2.37. The highest BCUT2D eigenvalue weighted by molar-refractivity contribution is 5.69. The maximum absolute atomic E-state index is 12.4. The molecule has 1 aliphatic rings. The van der Waals surface area contributed by atoms with Gasteiger partial charge in [-0.2, -0.15) is 0 Å². The van der Waals surface area contributed by atoms with Gasteiger partial charge in [0.05, 0.1) is 13.2 Å². The number of hydrogen-bond acceptors (Lipinski definition) is 4. The zero-order chi connectivity index (χ0) is 15.5. The number of piperazine rings is 1. The van der Waals surface area contributed by atoms with E-state index in [0.717, 1.165) is 24.4 Å². The van der Waals surface area contributed by atoms with Crippen LogP contribution in [0.2, 0.25) is 0 Å². The SMILES string of the molecule is COc1ccc([C@H]2CNCCN2C(=O)OC(C)(C)C)cc1. The molecule has 1 atom stereocenters. The Morgan fingerprint density at radius 1 is 1.29 bits per heavy atom. The number of ether oxygens (including phenoxy) is 2.